The zero-order valence-corrected chi connectivity index (χ0v) is 21.3. The van der Waals surface area contributed by atoms with Crippen molar-refractivity contribution in [3.8, 4) is 11.5 Å². The van der Waals surface area contributed by atoms with Crippen molar-refractivity contribution < 1.29 is 19.1 Å². The number of ether oxygens (including phenoxy) is 2. The van der Waals surface area contributed by atoms with Gasteiger partial charge in [-0.2, -0.15) is 0 Å². The predicted octanol–water partition coefficient (Wildman–Crippen LogP) is 5.45. The number of nitrogens with zero attached hydrogens (tertiary/aromatic N) is 1. The number of methoxy groups -OCH3 is 2. The van der Waals surface area contributed by atoms with Crippen LogP contribution < -0.4 is 19.7 Å². The Balaban J connectivity index is 1.84. The summed E-state index contributed by atoms with van der Waals surface area (Å²) < 4.78 is 11.0. The van der Waals surface area contributed by atoms with Crippen molar-refractivity contribution in [2.45, 2.75) is 51.1 Å². The number of nitrogens with one attached hydrogen (secondary N) is 1. The van der Waals surface area contributed by atoms with Crippen LogP contribution in [-0.4, -0.2) is 32.1 Å². The van der Waals surface area contributed by atoms with Gasteiger partial charge in [0.15, 0.2) is 0 Å². The smallest absolute Gasteiger partial charge is 0.248 e. The molecule has 0 aliphatic heterocycles. The topological polar surface area (TPSA) is 67.9 Å². The summed E-state index contributed by atoms with van der Waals surface area (Å²) in [7, 11) is 3.14. The highest BCUT2D eigenvalue weighted by molar-refractivity contribution is 7.10. The standard InChI is InChI=1S/C28H32N2O4S/c1-19-9-4-7-13-25(19)27(28(32)29-20-10-5-6-11-20)30(26(31)18-24-12-8-14-35-24)21-15-22(33-2)17-23(16-21)34-3/h4,7-9,12-17,20,27H,5-6,10-11,18H2,1-3H3,(H,29,32)/t27-/m1/s1. The SMILES string of the molecule is COc1cc(OC)cc(N(C(=O)Cc2cccs2)[C@@H](C(=O)NC2CCCC2)c2ccccc2C)c1. The molecular weight excluding hydrogens is 460 g/mol. The molecule has 4 rings (SSSR count). The van der Waals surface area contributed by atoms with Crippen LogP contribution >= 0.6 is 11.3 Å². The van der Waals surface area contributed by atoms with E-state index >= 15 is 0 Å². The highest BCUT2D eigenvalue weighted by atomic mass is 32.1. The van der Waals surface area contributed by atoms with Gasteiger partial charge in [-0.1, -0.05) is 43.2 Å². The summed E-state index contributed by atoms with van der Waals surface area (Å²) in [4.78, 5) is 30.4. The molecule has 1 aromatic heterocycles. The van der Waals surface area contributed by atoms with Crippen LogP contribution in [0, 0.1) is 6.92 Å². The van der Waals surface area contributed by atoms with Crippen molar-refractivity contribution in [1.82, 2.24) is 5.32 Å². The molecule has 7 heteroatoms. The number of benzene rings is 2. The van der Waals surface area contributed by atoms with E-state index in [4.69, 9.17) is 9.47 Å². The van der Waals surface area contributed by atoms with E-state index < -0.39 is 6.04 Å². The van der Waals surface area contributed by atoms with Gasteiger partial charge in [0.2, 0.25) is 11.8 Å². The minimum absolute atomic E-state index is 0.128. The van der Waals surface area contributed by atoms with Gasteiger partial charge in [-0.05, 0) is 42.3 Å². The average molecular weight is 493 g/mol. The normalized spacial score (nSPS) is 14.4. The number of aryl methyl sites for hydroxylation is 1. The van der Waals surface area contributed by atoms with Gasteiger partial charge in [-0.15, -0.1) is 11.3 Å². The second-order valence-electron chi connectivity index (χ2n) is 8.84. The van der Waals surface area contributed by atoms with Crippen LogP contribution in [0.3, 0.4) is 0 Å². The molecule has 1 saturated carbocycles. The van der Waals surface area contributed by atoms with Gasteiger partial charge >= 0.3 is 0 Å². The number of rotatable bonds is 9. The van der Waals surface area contributed by atoms with E-state index in [0.29, 0.717) is 17.2 Å². The maximum atomic E-state index is 13.9. The Morgan fingerprint density at radius 2 is 1.71 bits per heavy atom. The fourth-order valence-electron chi connectivity index (χ4n) is 4.66. The zero-order chi connectivity index (χ0) is 24.8. The van der Waals surface area contributed by atoms with Gasteiger partial charge in [0.1, 0.15) is 17.5 Å². The van der Waals surface area contributed by atoms with Crippen molar-refractivity contribution in [2.24, 2.45) is 0 Å². The highest BCUT2D eigenvalue weighted by Crippen LogP contribution is 2.36. The molecule has 2 amide bonds. The summed E-state index contributed by atoms with van der Waals surface area (Å²) >= 11 is 1.53. The lowest BCUT2D eigenvalue weighted by Gasteiger charge is -2.33. The van der Waals surface area contributed by atoms with E-state index in [9.17, 15) is 9.59 Å². The van der Waals surface area contributed by atoms with Crippen molar-refractivity contribution in [3.05, 3.63) is 76.0 Å². The molecule has 0 radical (unpaired) electrons. The Morgan fingerprint density at radius 3 is 2.31 bits per heavy atom. The zero-order valence-electron chi connectivity index (χ0n) is 20.5. The van der Waals surface area contributed by atoms with Crippen molar-refractivity contribution >= 4 is 28.8 Å². The summed E-state index contributed by atoms with van der Waals surface area (Å²) in [6.45, 7) is 1.97. The number of anilines is 1. The first-order valence-corrected chi connectivity index (χ1v) is 12.8. The van der Waals surface area contributed by atoms with Gasteiger partial charge in [0, 0.05) is 29.1 Å². The minimum Gasteiger partial charge on any atom is -0.497 e. The lowest BCUT2D eigenvalue weighted by Crippen LogP contribution is -2.47. The van der Waals surface area contributed by atoms with Gasteiger partial charge in [-0.3, -0.25) is 14.5 Å². The molecule has 1 aliphatic carbocycles. The molecule has 3 aromatic rings. The van der Waals surface area contributed by atoms with Crippen LogP contribution in [0.15, 0.2) is 60.0 Å². The van der Waals surface area contributed by atoms with Crippen LogP contribution in [0.4, 0.5) is 5.69 Å². The Kier molecular flexibility index (Phi) is 8.08. The maximum absolute atomic E-state index is 13.9. The molecule has 1 fully saturated rings. The van der Waals surface area contributed by atoms with Gasteiger partial charge in [0.05, 0.1) is 26.3 Å². The van der Waals surface area contributed by atoms with Crippen LogP contribution in [0.5, 0.6) is 11.5 Å². The third-order valence-electron chi connectivity index (χ3n) is 6.48. The molecule has 2 aromatic carbocycles. The first-order valence-electron chi connectivity index (χ1n) is 11.9. The number of carbonyl (C=O) groups is 2. The number of amides is 2. The highest BCUT2D eigenvalue weighted by Gasteiger charge is 2.35. The van der Waals surface area contributed by atoms with Crippen LogP contribution in [0.25, 0.3) is 0 Å². The van der Waals surface area contributed by atoms with E-state index in [1.807, 2.05) is 48.7 Å². The van der Waals surface area contributed by atoms with E-state index in [2.05, 4.69) is 5.32 Å². The summed E-state index contributed by atoms with van der Waals surface area (Å²) in [5.41, 5.74) is 2.30. The van der Waals surface area contributed by atoms with E-state index in [-0.39, 0.29) is 24.3 Å². The van der Waals surface area contributed by atoms with E-state index in [1.54, 1.807) is 37.3 Å². The van der Waals surface area contributed by atoms with Crippen molar-refractivity contribution in [3.63, 3.8) is 0 Å². The molecule has 6 nitrogen and oxygen atoms in total. The first kappa shape index (κ1) is 24.8. The Morgan fingerprint density at radius 1 is 1.03 bits per heavy atom. The molecule has 184 valence electrons. The molecule has 1 heterocycles. The Bertz CT molecular complexity index is 1130. The maximum Gasteiger partial charge on any atom is 0.248 e. The van der Waals surface area contributed by atoms with E-state index in [0.717, 1.165) is 41.7 Å². The molecule has 0 saturated heterocycles. The number of thiophene rings is 1. The molecule has 0 bridgehead atoms. The second kappa shape index (κ2) is 11.4. The third kappa shape index (κ3) is 5.85. The molecule has 0 unspecified atom stereocenters. The Labute approximate surface area is 210 Å². The Hall–Kier alpha value is -3.32. The predicted molar refractivity (Wildman–Crippen MR) is 139 cm³/mol. The van der Waals surface area contributed by atoms with Gasteiger partial charge < -0.3 is 14.8 Å². The van der Waals surface area contributed by atoms with Crippen LogP contribution in [0.1, 0.15) is 47.7 Å². The summed E-state index contributed by atoms with van der Waals surface area (Å²) in [6.07, 6.45) is 4.32. The number of carbonyl (C=O) groups excluding carboxylic acids is 2. The van der Waals surface area contributed by atoms with E-state index in [1.165, 1.54) is 11.3 Å². The molecular formula is C28H32N2O4S. The lowest BCUT2D eigenvalue weighted by atomic mass is 9.97. The van der Waals surface area contributed by atoms with Crippen LogP contribution in [-0.2, 0) is 16.0 Å². The molecule has 0 spiro atoms. The van der Waals surface area contributed by atoms with Crippen LogP contribution in [0.2, 0.25) is 0 Å². The lowest BCUT2D eigenvalue weighted by molar-refractivity contribution is -0.127. The largest absolute Gasteiger partial charge is 0.497 e. The fourth-order valence-corrected chi connectivity index (χ4v) is 5.35. The summed E-state index contributed by atoms with van der Waals surface area (Å²) in [5.74, 6) is 0.756. The van der Waals surface area contributed by atoms with Gasteiger partial charge in [0.25, 0.3) is 0 Å². The monoisotopic (exact) mass is 492 g/mol. The quantitative estimate of drug-likeness (QED) is 0.431. The molecule has 1 atom stereocenters. The van der Waals surface area contributed by atoms with Gasteiger partial charge in [-0.25, -0.2) is 0 Å². The molecule has 1 N–H and O–H groups in total. The average Bonchev–Trinajstić information content (AvgIpc) is 3.57. The molecule has 35 heavy (non-hydrogen) atoms. The number of hydrogen-bond acceptors (Lipinski definition) is 5. The summed E-state index contributed by atoms with van der Waals surface area (Å²) in [5, 5.41) is 5.18. The fraction of sp³-hybridized carbons (Fsp3) is 0.357. The number of hydrogen-bond donors (Lipinski definition) is 1. The van der Waals surface area contributed by atoms with Crippen molar-refractivity contribution in [1.29, 1.82) is 0 Å². The summed E-state index contributed by atoms with van der Waals surface area (Å²) in [6, 6.07) is 16.2. The minimum atomic E-state index is -0.832. The second-order valence-corrected chi connectivity index (χ2v) is 9.87. The first-order chi connectivity index (χ1) is 17.0. The van der Waals surface area contributed by atoms with Crippen molar-refractivity contribution in [2.75, 3.05) is 19.1 Å². The molecule has 1 aliphatic rings. The third-order valence-corrected chi connectivity index (χ3v) is 7.36.